The Morgan fingerprint density at radius 3 is 2.64 bits per heavy atom. The summed E-state index contributed by atoms with van der Waals surface area (Å²) in [5.41, 5.74) is 0.812. The van der Waals surface area contributed by atoms with Crippen molar-refractivity contribution >= 4 is 32.8 Å². The number of aryl methyl sites for hydroxylation is 2. The molecule has 6 nitrogen and oxygen atoms in total. The molecule has 2 aromatic heterocycles. The van der Waals surface area contributed by atoms with Crippen LogP contribution >= 0.6 is 15.9 Å². The summed E-state index contributed by atoms with van der Waals surface area (Å²) in [6.45, 7) is 0.352. The summed E-state index contributed by atoms with van der Waals surface area (Å²) < 4.78 is 6.45. The minimum atomic E-state index is -0.772. The van der Waals surface area contributed by atoms with E-state index in [1.165, 1.54) is 17.7 Å². The van der Waals surface area contributed by atoms with Crippen LogP contribution in [0.2, 0.25) is 0 Å². The summed E-state index contributed by atoms with van der Waals surface area (Å²) in [5.74, 6) is -1.14. The van der Waals surface area contributed by atoms with Crippen molar-refractivity contribution in [2.45, 2.75) is 13.0 Å². The largest absolute Gasteiger partial charge is 0.504 e. The Hall–Kier alpha value is -2.67. The topological polar surface area (TPSA) is 81.4 Å². The molecule has 0 amide bonds. The Morgan fingerprint density at radius 1 is 1.24 bits per heavy atom. The number of aromatic nitrogens is 2. The fourth-order valence-corrected chi connectivity index (χ4v) is 3.17. The van der Waals surface area contributed by atoms with Crippen LogP contribution in [0, 0.1) is 0 Å². The van der Waals surface area contributed by atoms with Crippen molar-refractivity contribution in [3.8, 4) is 5.75 Å². The summed E-state index contributed by atoms with van der Waals surface area (Å²) in [6.07, 6.45) is 0.604. The van der Waals surface area contributed by atoms with Crippen LogP contribution in [0.5, 0.6) is 5.75 Å². The molecule has 0 unspecified atom stereocenters. The molecule has 1 N–H and O–H groups in total. The zero-order valence-electron chi connectivity index (χ0n) is 13.4. The number of carbonyl (C=O) groups excluding carboxylic acids is 1. The van der Waals surface area contributed by atoms with Crippen LogP contribution in [-0.2, 0) is 17.7 Å². The van der Waals surface area contributed by atoms with E-state index >= 15 is 0 Å². The van der Waals surface area contributed by atoms with Gasteiger partial charge in [-0.2, -0.15) is 0 Å². The van der Waals surface area contributed by atoms with Gasteiger partial charge in [0.1, 0.15) is 4.60 Å². The molecule has 0 saturated heterocycles. The molecule has 0 aliphatic heterocycles. The van der Waals surface area contributed by atoms with Gasteiger partial charge in [0, 0.05) is 18.0 Å². The summed E-state index contributed by atoms with van der Waals surface area (Å²) in [7, 11) is 1.20. The van der Waals surface area contributed by atoms with E-state index in [1.54, 1.807) is 6.07 Å². The Bertz CT molecular complexity index is 999. The highest BCUT2D eigenvalue weighted by molar-refractivity contribution is 9.10. The van der Waals surface area contributed by atoms with E-state index in [1.807, 2.05) is 30.3 Å². The van der Waals surface area contributed by atoms with Crippen LogP contribution in [-0.4, -0.2) is 27.7 Å². The second-order valence-corrected chi connectivity index (χ2v) is 6.16. The first-order chi connectivity index (χ1) is 12.0. The molecule has 3 aromatic rings. The van der Waals surface area contributed by atoms with E-state index in [4.69, 9.17) is 0 Å². The molecule has 0 bridgehead atoms. The molecule has 0 saturated carbocycles. The number of ether oxygens (including phenoxy) is 1. The summed E-state index contributed by atoms with van der Waals surface area (Å²) in [4.78, 5) is 28.3. The molecule has 128 valence electrons. The highest BCUT2D eigenvalue weighted by atomic mass is 79.9. The van der Waals surface area contributed by atoms with Gasteiger partial charge in [-0.3, -0.25) is 4.79 Å². The van der Waals surface area contributed by atoms with Crippen molar-refractivity contribution in [3.63, 3.8) is 0 Å². The summed E-state index contributed by atoms with van der Waals surface area (Å²) >= 11 is 3.29. The number of pyridine rings is 2. The van der Waals surface area contributed by atoms with Crippen molar-refractivity contribution in [1.82, 2.24) is 9.55 Å². The zero-order valence-corrected chi connectivity index (χ0v) is 15.0. The maximum absolute atomic E-state index is 12.4. The van der Waals surface area contributed by atoms with E-state index in [0.29, 0.717) is 23.0 Å². The lowest BCUT2D eigenvalue weighted by Crippen LogP contribution is -2.21. The predicted molar refractivity (Wildman–Crippen MR) is 96.9 cm³/mol. The molecule has 25 heavy (non-hydrogen) atoms. The minimum absolute atomic E-state index is 0.235. The average molecular weight is 403 g/mol. The Labute approximate surface area is 151 Å². The first kappa shape index (κ1) is 17.2. The van der Waals surface area contributed by atoms with Crippen LogP contribution in [0.4, 0.5) is 0 Å². The Morgan fingerprint density at radius 2 is 1.96 bits per heavy atom. The first-order valence-corrected chi connectivity index (χ1v) is 8.36. The highest BCUT2D eigenvalue weighted by Gasteiger charge is 2.21. The molecule has 0 fully saturated rings. The number of hydrogen-bond donors (Lipinski definition) is 1. The molecule has 3 rings (SSSR count). The average Bonchev–Trinajstić information content (AvgIpc) is 2.63. The molecular formula is C18H15BrN2O4. The van der Waals surface area contributed by atoms with Crippen LogP contribution in [0.3, 0.4) is 0 Å². The summed E-state index contributed by atoms with van der Waals surface area (Å²) in [5, 5.41) is 11.1. The van der Waals surface area contributed by atoms with Gasteiger partial charge in [-0.05, 0) is 34.0 Å². The third-order valence-electron chi connectivity index (χ3n) is 3.91. The van der Waals surface area contributed by atoms with E-state index in [-0.39, 0.29) is 22.5 Å². The number of carbonyl (C=O) groups is 1. The van der Waals surface area contributed by atoms with Gasteiger partial charge in [0.15, 0.2) is 11.4 Å². The fraction of sp³-hybridized carbons (Fsp3) is 0.167. The number of hydrogen-bond acceptors (Lipinski definition) is 5. The van der Waals surface area contributed by atoms with Crippen molar-refractivity contribution < 1.29 is 14.6 Å². The van der Waals surface area contributed by atoms with Gasteiger partial charge >= 0.3 is 5.97 Å². The highest BCUT2D eigenvalue weighted by Crippen LogP contribution is 2.31. The lowest BCUT2D eigenvalue weighted by Gasteiger charge is -2.14. The van der Waals surface area contributed by atoms with Crippen molar-refractivity contribution in [2.75, 3.05) is 7.11 Å². The predicted octanol–water partition coefficient (Wildman–Crippen LogP) is 2.89. The number of esters is 1. The number of halogens is 1. The molecule has 2 heterocycles. The van der Waals surface area contributed by atoms with E-state index < -0.39 is 5.97 Å². The van der Waals surface area contributed by atoms with E-state index in [0.717, 1.165) is 5.56 Å². The van der Waals surface area contributed by atoms with Gasteiger partial charge in [-0.1, -0.05) is 30.3 Å². The van der Waals surface area contributed by atoms with Crippen molar-refractivity contribution in [1.29, 1.82) is 0 Å². The van der Waals surface area contributed by atoms with Gasteiger partial charge in [0.25, 0.3) is 5.56 Å². The maximum Gasteiger partial charge on any atom is 0.360 e. The number of nitrogens with zero attached hydrogens (tertiary/aromatic N) is 2. The number of aromatic hydroxyl groups is 1. The third kappa shape index (κ3) is 3.28. The van der Waals surface area contributed by atoms with Gasteiger partial charge in [-0.25, -0.2) is 9.78 Å². The quantitative estimate of drug-likeness (QED) is 0.535. The van der Waals surface area contributed by atoms with E-state index in [2.05, 4.69) is 25.7 Å². The molecule has 1 aromatic carbocycles. The lowest BCUT2D eigenvalue weighted by atomic mass is 10.1. The first-order valence-electron chi connectivity index (χ1n) is 7.57. The molecule has 0 aliphatic rings. The molecular weight excluding hydrogens is 388 g/mol. The second-order valence-electron chi connectivity index (χ2n) is 5.41. The number of fused-ring (bicyclic) bond motifs is 1. The van der Waals surface area contributed by atoms with Gasteiger partial charge in [-0.15, -0.1) is 0 Å². The smallest absolute Gasteiger partial charge is 0.360 e. The third-order valence-corrected chi connectivity index (χ3v) is 4.51. The van der Waals surface area contributed by atoms with Crippen LogP contribution in [0.15, 0.2) is 51.9 Å². The molecule has 0 spiro atoms. The van der Waals surface area contributed by atoms with Gasteiger partial charge in [0.05, 0.1) is 12.6 Å². The standard InChI is InChI=1S/C18H15BrN2O4/c1-25-18(24)14-16(23)15-12(17(19)20-14)7-8-13(22)21(15)10-9-11-5-3-2-4-6-11/h2-8,23H,9-10H2,1H3. The molecule has 0 radical (unpaired) electrons. The normalized spacial score (nSPS) is 10.8. The monoisotopic (exact) mass is 402 g/mol. The lowest BCUT2D eigenvalue weighted by molar-refractivity contribution is 0.0590. The fourth-order valence-electron chi connectivity index (χ4n) is 2.67. The molecule has 0 atom stereocenters. The molecule has 7 heteroatoms. The van der Waals surface area contributed by atoms with Crippen molar-refractivity contribution in [2.24, 2.45) is 0 Å². The number of methoxy groups -OCH3 is 1. The van der Waals surface area contributed by atoms with Crippen LogP contribution < -0.4 is 5.56 Å². The second kappa shape index (κ2) is 7.06. The van der Waals surface area contributed by atoms with Gasteiger partial charge < -0.3 is 14.4 Å². The maximum atomic E-state index is 12.4. The van der Waals surface area contributed by atoms with E-state index in [9.17, 15) is 14.7 Å². The number of rotatable bonds is 4. The number of benzene rings is 1. The Balaban J connectivity index is 2.16. The minimum Gasteiger partial charge on any atom is -0.504 e. The molecule has 0 aliphatic carbocycles. The van der Waals surface area contributed by atoms with Gasteiger partial charge in [0.2, 0.25) is 0 Å². The van der Waals surface area contributed by atoms with Crippen LogP contribution in [0.25, 0.3) is 10.9 Å². The Kier molecular flexibility index (Phi) is 4.85. The SMILES string of the molecule is COC(=O)c1nc(Br)c2ccc(=O)n(CCc3ccccc3)c2c1O. The summed E-state index contributed by atoms with van der Waals surface area (Å²) in [6, 6.07) is 12.7. The van der Waals surface area contributed by atoms with Crippen molar-refractivity contribution in [3.05, 3.63) is 68.7 Å². The van der Waals surface area contributed by atoms with Crippen LogP contribution in [0.1, 0.15) is 16.1 Å². The zero-order chi connectivity index (χ0) is 18.0.